The summed E-state index contributed by atoms with van der Waals surface area (Å²) in [4.78, 5) is 14.2. The second kappa shape index (κ2) is 7.04. The molecule has 1 N–H and O–H groups in total. The summed E-state index contributed by atoms with van der Waals surface area (Å²) in [7, 11) is 3.95. The average molecular weight is 316 g/mol. The first-order chi connectivity index (χ1) is 11.1. The molecule has 1 heterocycles. The number of carbonyl (C=O) groups excluding carboxylic acids is 1. The topological polar surface area (TPSA) is 50.8 Å². The van der Waals surface area contributed by atoms with E-state index in [1.807, 2.05) is 43.3 Å². The van der Waals surface area contributed by atoms with Crippen molar-refractivity contribution in [1.82, 2.24) is 10.2 Å². The monoisotopic (exact) mass is 316 g/mol. The van der Waals surface area contributed by atoms with Gasteiger partial charge in [0.25, 0.3) is 0 Å². The molecule has 0 aromatic heterocycles. The largest absolute Gasteiger partial charge is 0.486 e. The standard InChI is InChI=1S/C18H24N2O3/c1-20(2)9-3-4-17(21)19-18(13-5-6-13)14-7-8-15-16(12-14)23-11-10-22-15/h3-4,7-8,12-13,18H,5-6,9-11H2,1-2H3,(H,19,21)/b4-3+. The molecular formula is C18H24N2O3. The molecule has 5 heteroatoms. The van der Waals surface area contributed by atoms with Crippen molar-refractivity contribution in [1.29, 1.82) is 0 Å². The van der Waals surface area contributed by atoms with Crippen LogP contribution >= 0.6 is 0 Å². The molecular weight excluding hydrogens is 292 g/mol. The van der Waals surface area contributed by atoms with E-state index in [0.717, 1.165) is 36.4 Å². The lowest BCUT2D eigenvalue weighted by Crippen LogP contribution is -2.28. The van der Waals surface area contributed by atoms with Gasteiger partial charge in [-0.05, 0) is 50.6 Å². The number of nitrogens with one attached hydrogen (secondary N) is 1. The molecule has 1 saturated carbocycles. The predicted molar refractivity (Wildman–Crippen MR) is 88.7 cm³/mol. The van der Waals surface area contributed by atoms with Crippen molar-refractivity contribution in [3.63, 3.8) is 0 Å². The zero-order chi connectivity index (χ0) is 16.2. The van der Waals surface area contributed by atoms with Gasteiger partial charge in [-0.3, -0.25) is 4.79 Å². The minimum atomic E-state index is -0.0429. The summed E-state index contributed by atoms with van der Waals surface area (Å²) in [5.74, 6) is 2.03. The summed E-state index contributed by atoms with van der Waals surface area (Å²) in [6, 6.07) is 6.01. The van der Waals surface area contributed by atoms with Gasteiger partial charge in [0.2, 0.25) is 5.91 Å². The van der Waals surface area contributed by atoms with Gasteiger partial charge < -0.3 is 19.7 Å². The Balaban J connectivity index is 1.69. The third kappa shape index (κ3) is 4.26. The molecule has 1 aliphatic carbocycles. The first-order valence-corrected chi connectivity index (χ1v) is 8.15. The van der Waals surface area contributed by atoms with Crippen LogP contribution in [0.15, 0.2) is 30.4 Å². The summed E-state index contributed by atoms with van der Waals surface area (Å²) >= 11 is 0. The Morgan fingerprint density at radius 3 is 2.74 bits per heavy atom. The highest BCUT2D eigenvalue weighted by Crippen LogP contribution is 2.43. The highest BCUT2D eigenvalue weighted by atomic mass is 16.6. The number of carbonyl (C=O) groups is 1. The van der Waals surface area contributed by atoms with Crippen LogP contribution in [0.3, 0.4) is 0 Å². The van der Waals surface area contributed by atoms with Crippen molar-refractivity contribution in [2.45, 2.75) is 18.9 Å². The van der Waals surface area contributed by atoms with Crippen molar-refractivity contribution >= 4 is 5.91 Å². The molecule has 5 nitrogen and oxygen atoms in total. The summed E-state index contributed by atoms with van der Waals surface area (Å²) < 4.78 is 11.2. The predicted octanol–water partition coefficient (Wildman–Crippen LogP) is 2.14. The number of hydrogen-bond donors (Lipinski definition) is 1. The molecule has 2 aliphatic rings. The molecule has 0 bridgehead atoms. The third-order valence-electron chi connectivity index (χ3n) is 4.06. The molecule has 0 radical (unpaired) electrons. The van der Waals surface area contributed by atoms with Crippen LogP contribution in [0.2, 0.25) is 0 Å². The average Bonchev–Trinajstić information content (AvgIpc) is 3.36. The quantitative estimate of drug-likeness (QED) is 0.817. The van der Waals surface area contributed by atoms with Crippen molar-refractivity contribution in [2.24, 2.45) is 5.92 Å². The highest BCUT2D eigenvalue weighted by molar-refractivity contribution is 5.87. The summed E-state index contributed by atoms with van der Waals surface area (Å²) in [6.07, 6.45) is 5.80. The number of likely N-dealkylation sites (N-methyl/N-ethyl adjacent to an activating group) is 1. The van der Waals surface area contributed by atoms with E-state index in [1.165, 1.54) is 0 Å². The minimum Gasteiger partial charge on any atom is -0.486 e. The number of ether oxygens (including phenoxy) is 2. The first-order valence-electron chi connectivity index (χ1n) is 8.15. The van der Waals surface area contributed by atoms with E-state index in [1.54, 1.807) is 6.08 Å². The molecule has 1 aromatic carbocycles. The second-order valence-corrected chi connectivity index (χ2v) is 6.39. The maximum atomic E-state index is 12.2. The van der Waals surface area contributed by atoms with Gasteiger partial charge in [-0.2, -0.15) is 0 Å². The molecule has 3 rings (SSSR count). The number of rotatable bonds is 6. The fraction of sp³-hybridized carbons (Fsp3) is 0.500. The van der Waals surface area contributed by atoms with Gasteiger partial charge in [0.1, 0.15) is 13.2 Å². The van der Waals surface area contributed by atoms with E-state index in [9.17, 15) is 4.79 Å². The van der Waals surface area contributed by atoms with Gasteiger partial charge >= 0.3 is 0 Å². The van der Waals surface area contributed by atoms with Gasteiger partial charge in [0, 0.05) is 12.6 Å². The van der Waals surface area contributed by atoms with Crippen LogP contribution in [0.4, 0.5) is 0 Å². The fourth-order valence-corrected chi connectivity index (χ4v) is 2.73. The maximum absolute atomic E-state index is 12.2. The Kier molecular flexibility index (Phi) is 4.86. The van der Waals surface area contributed by atoms with E-state index in [-0.39, 0.29) is 11.9 Å². The highest BCUT2D eigenvalue weighted by Gasteiger charge is 2.33. The van der Waals surface area contributed by atoms with Gasteiger partial charge in [0.05, 0.1) is 6.04 Å². The normalized spacial score (nSPS) is 18.2. The Morgan fingerprint density at radius 2 is 2.04 bits per heavy atom. The van der Waals surface area contributed by atoms with E-state index in [2.05, 4.69) is 5.32 Å². The minimum absolute atomic E-state index is 0.0429. The first kappa shape index (κ1) is 15.9. The van der Waals surface area contributed by atoms with Gasteiger partial charge in [0.15, 0.2) is 11.5 Å². The molecule has 0 saturated heterocycles. The van der Waals surface area contributed by atoms with E-state index in [0.29, 0.717) is 19.1 Å². The smallest absolute Gasteiger partial charge is 0.244 e. The van der Waals surface area contributed by atoms with Gasteiger partial charge in [-0.25, -0.2) is 0 Å². The van der Waals surface area contributed by atoms with Gasteiger partial charge in [-0.1, -0.05) is 12.1 Å². The molecule has 0 spiro atoms. The zero-order valence-corrected chi connectivity index (χ0v) is 13.7. The SMILES string of the molecule is CN(C)C/C=C/C(=O)NC(c1ccc2c(c1)OCCO2)C1CC1. The molecule has 1 unspecified atom stereocenters. The van der Waals surface area contributed by atoms with E-state index < -0.39 is 0 Å². The molecule has 1 amide bonds. The lowest BCUT2D eigenvalue weighted by atomic mass is 10.0. The van der Waals surface area contributed by atoms with Crippen molar-refractivity contribution in [2.75, 3.05) is 33.9 Å². The molecule has 23 heavy (non-hydrogen) atoms. The zero-order valence-electron chi connectivity index (χ0n) is 13.7. The van der Waals surface area contributed by atoms with Gasteiger partial charge in [-0.15, -0.1) is 0 Å². The molecule has 124 valence electrons. The molecule has 1 atom stereocenters. The van der Waals surface area contributed by atoms with Crippen LogP contribution in [-0.2, 0) is 4.79 Å². The van der Waals surface area contributed by atoms with E-state index >= 15 is 0 Å². The Hall–Kier alpha value is -2.01. The van der Waals surface area contributed by atoms with Crippen LogP contribution < -0.4 is 14.8 Å². The third-order valence-corrected chi connectivity index (χ3v) is 4.06. The second-order valence-electron chi connectivity index (χ2n) is 6.39. The number of benzene rings is 1. The molecule has 1 fully saturated rings. The molecule has 1 aromatic rings. The van der Waals surface area contributed by atoms with Crippen LogP contribution in [0.25, 0.3) is 0 Å². The van der Waals surface area contributed by atoms with Crippen molar-refractivity contribution in [3.05, 3.63) is 35.9 Å². The number of amides is 1. The number of nitrogens with zero attached hydrogens (tertiary/aromatic N) is 1. The Labute approximate surface area is 137 Å². The number of fused-ring (bicyclic) bond motifs is 1. The number of hydrogen-bond acceptors (Lipinski definition) is 4. The Bertz CT molecular complexity index is 594. The van der Waals surface area contributed by atoms with E-state index in [4.69, 9.17) is 9.47 Å². The van der Waals surface area contributed by atoms with Crippen molar-refractivity contribution in [3.8, 4) is 11.5 Å². The Morgan fingerprint density at radius 1 is 1.30 bits per heavy atom. The lowest BCUT2D eigenvalue weighted by molar-refractivity contribution is -0.117. The van der Waals surface area contributed by atoms with Crippen LogP contribution in [0.5, 0.6) is 11.5 Å². The summed E-state index contributed by atoms with van der Waals surface area (Å²) in [5, 5.41) is 3.14. The lowest BCUT2D eigenvalue weighted by Gasteiger charge is -2.22. The van der Waals surface area contributed by atoms with Crippen LogP contribution in [-0.4, -0.2) is 44.7 Å². The molecule has 1 aliphatic heterocycles. The summed E-state index contributed by atoms with van der Waals surface area (Å²) in [6.45, 7) is 1.92. The fourth-order valence-electron chi connectivity index (χ4n) is 2.73. The van der Waals surface area contributed by atoms with Crippen LogP contribution in [0, 0.1) is 5.92 Å². The van der Waals surface area contributed by atoms with Crippen LogP contribution in [0.1, 0.15) is 24.4 Å². The maximum Gasteiger partial charge on any atom is 0.244 e. The summed E-state index contributed by atoms with van der Waals surface area (Å²) in [5.41, 5.74) is 1.09. The van der Waals surface area contributed by atoms with Crippen molar-refractivity contribution < 1.29 is 14.3 Å².